The third-order valence-corrected chi connectivity index (χ3v) is 3.28. The summed E-state index contributed by atoms with van der Waals surface area (Å²) in [5.74, 6) is 0. The van der Waals surface area contributed by atoms with Crippen LogP contribution in [0, 0.1) is 0 Å². The maximum absolute atomic E-state index is 2.38. The number of hydrogen-bond acceptors (Lipinski definition) is 0. The Bertz CT molecular complexity index is 188. The first kappa shape index (κ1) is 17.5. The lowest BCUT2D eigenvalue weighted by Crippen LogP contribution is -1.79. The summed E-state index contributed by atoms with van der Waals surface area (Å²) in [6.45, 7) is 4.47. The lowest BCUT2D eigenvalue weighted by Gasteiger charge is -1.98. The molecule has 0 atom stereocenters. The van der Waals surface area contributed by atoms with Crippen LogP contribution in [-0.2, 0) is 0 Å². The summed E-state index contributed by atoms with van der Waals surface area (Å²) >= 11 is 0. The van der Waals surface area contributed by atoms with E-state index in [1.54, 1.807) is 0 Å². The molecule has 0 fully saturated rings. The van der Waals surface area contributed by atoms with Crippen molar-refractivity contribution in [3.63, 3.8) is 0 Å². The molecule has 0 spiro atoms. The molecule has 18 heavy (non-hydrogen) atoms. The van der Waals surface area contributed by atoms with Crippen LogP contribution in [0.15, 0.2) is 24.3 Å². The lowest BCUT2D eigenvalue weighted by atomic mass is 10.1. The van der Waals surface area contributed by atoms with Crippen molar-refractivity contribution in [2.24, 2.45) is 0 Å². The van der Waals surface area contributed by atoms with E-state index >= 15 is 0 Å². The second kappa shape index (κ2) is 16.5. The van der Waals surface area contributed by atoms with Gasteiger partial charge in [0.15, 0.2) is 0 Å². The van der Waals surface area contributed by atoms with Crippen LogP contribution >= 0.6 is 0 Å². The molecule has 0 heteroatoms. The van der Waals surface area contributed by atoms with E-state index in [-0.39, 0.29) is 0 Å². The number of rotatable bonds is 13. The smallest absolute Gasteiger partial charge is 0.0348 e. The van der Waals surface area contributed by atoms with E-state index in [2.05, 4.69) is 38.2 Å². The Labute approximate surface area is 116 Å². The predicted molar refractivity (Wildman–Crippen MR) is 85.0 cm³/mol. The second-order valence-electron chi connectivity index (χ2n) is 5.19. The van der Waals surface area contributed by atoms with Crippen molar-refractivity contribution in [3.05, 3.63) is 24.3 Å². The monoisotopic (exact) mass is 250 g/mol. The van der Waals surface area contributed by atoms with Crippen molar-refractivity contribution >= 4 is 0 Å². The highest BCUT2D eigenvalue weighted by atomic mass is 14.0. The fraction of sp³-hybridized carbons (Fsp3) is 0.778. The van der Waals surface area contributed by atoms with Gasteiger partial charge >= 0.3 is 0 Å². The second-order valence-corrected chi connectivity index (χ2v) is 5.19. The van der Waals surface area contributed by atoms with Gasteiger partial charge in [0.25, 0.3) is 0 Å². The highest BCUT2D eigenvalue weighted by molar-refractivity contribution is 4.84. The van der Waals surface area contributed by atoms with Crippen LogP contribution in [0.25, 0.3) is 0 Å². The molecule has 0 N–H and O–H groups in total. The van der Waals surface area contributed by atoms with Crippen LogP contribution in [0.3, 0.4) is 0 Å². The minimum absolute atomic E-state index is 1.17. The Morgan fingerprint density at radius 3 is 1.61 bits per heavy atom. The zero-order valence-corrected chi connectivity index (χ0v) is 12.8. The summed E-state index contributed by atoms with van der Waals surface area (Å²) in [7, 11) is 0. The summed E-state index contributed by atoms with van der Waals surface area (Å²) in [6.07, 6.45) is 25.5. The molecule has 0 aliphatic rings. The van der Waals surface area contributed by atoms with E-state index in [0.717, 1.165) is 0 Å². The Morgan fingerprint density at radius 1 is 0.500 bits per heavy atom. The fourth-order valence-electron chi connectivity index (χ4n) is 2.09. The van der Waals surface area contributed by atoms with Crippen molar-refractivity contribution in [3.8, 4) is 0 Å². The third kappa shape index (κ3) is 15.5. The lowest BCUT2D eigenvalue weighted by molar-refractivity contribution is 0.592. The Hall–Kier alpha value is -0.520. The quantitative estimate of drug-likeness (QED) is 0.248. The molecule has 0 aliphatic heterocycles. The standard InChI is InChI=1S/C18H34/c1-3-5-7-9-11-13-15-17-18-16-14-12-10-8-6-4-2/h5,7,15,17H,3-4,6,8-14,16,18H2,1-2H3. The van der Waals surface area contributed by atoms with Crippen molar-refractivity contribution in [2.45, 2.75) is 90.9 Å². The van der Waals surface area contributed by atoms with Gasteiger partial charge in [0, 0.05) is 0 Å². The molecular formula is C18H34. The zero-order chi connectivity index (χ0) is 13.3. The van der Waals surface area contributed by atoms with Crippen LogP contribution in [0.4, 0.5) is 0 Å². The van der Waals surface area contributed by atoms with Gasteiger partial charge in [-0.25, -0.2) is 0 Å². The van der Waals surface area contributed by atoms with E-state index in [1.807, 2.05) is 0 Å². The van der Waals surface area contributed by atoms with Crippen LogP contribution in [0.1, 0.15) is 90.9 Å². The van der Waals surface area contributed by atoms with Crippen molar-refractivity contribution < 1.29 is 0 Å². The maximum atomic E-state index is 2.38. The average Bonchev–Trinajstić information content (AvgIpc) is 2.39. The minimum Gasteiger partial charge on any atom is -0.0888 e. The topological polar surface area (TPSA) is 0 Å². The van der Waals surface area contributed by atoms with Crippen molar-refractivity contribution in [1.29, 1.82) is 0 Å². The molecule has 0 saturated carbocycles. The minimum atomic E-state index is 1.17. The predicted octanol–water partition coefficient (Wildman–Crippen LogP) is 6.82. The van der Waals surface area contributed by atoms with Crippen molar-refractivity contribution in [2.75, 3.05) is 0 Å². The molecule has 0 nitrogen and oxygen atoms in total. The van der Waals surface area contributed by atoms with Crippen molar-refractivity contribution in [1.82, 2.24) is 0 Å². The molecule has 0 aliphatic carbocycles. The molecule has 0 aromatic rings. The Balaban J connectivity index is 3.06. The Morgan fingerprint density at radius 2 is 1.00 bits per heavy atom. The molecule has 0 aromatic carbocycles. The van der Waals surface area contributed by atoms with Crippen LogP contribution in [-0.4, -0.2) is 0 Å². The molecule has 0 unspecified atom stereocenters. The van der Waals surface area contributed by atoms with Crippen LogP contribution in [0.2, 0.25) is 0 Å². The maximum Gasteiger partial charge on any atom is -0.0348 e. The summed E-state index contributed by atoms with van der Waals surface area (Å²) in [5, 5.41) is 0. The van der Waals surface area contributed by atoms with Gasteiger partial charge in [-0.3, -0.25) is 0 Å². The number of allylic oxidation sites excluding steroid dienone is 4. The van der Waals surface area contributed by atoms with Gasteiger partial charge in [-0.2, -0.15) is 0 Å². The van der Waals surface area contributed by atoms with E-state index < -0.39 is 0 Å². The molecule has 0 bridgehead atoms. The first-order valence-electron chi connectivity index (χ1n) is 8.21. The first-order chi connectivity index (χ1) is 8.91. The van der Waals surface area contributed by atoms with Gasteiger partial charge in [-0.1, -0.05) is 76.7 Å². The van der Waals surface area contributed by atoms with E-state index in [4.69, 9.17) is 0 Å². The van der Waals surface area contributed by atoms with E-state index in [0.29, 0.717) is 0 Å². The van der Waals surface area contributed by atoms with Gasteiger partial charge in [-0.15, -0.1) is 0 Å². The first-order valence-corrected chi connectivity index (χ1v) is 8.21. The summed E-state index contributed by atoms with van der Waals surface area (Å²) < 4.78 is 0. The molecular weight excluding hydrogens is 216 g/mol. The van der Waals surface area contributed by atoms with Crippen LogP contribution in [0.5, 0.6) is 0 Å². The van der Waals surface area contributed by atoms with Gasteiger partial charge in [0.2, 0.25) is 0 Å². The zero-order valence-electron chi connectivity index (χ0n) is 12.8. The molecule has 106 valence electrons. The highest BCUT2D eigenvalue weighted by Gasteiger charge is 1.89. The molecule has 0 radical (unpaired) electrons. The number of hydrogen-bond donors (Lipinski definition) is 0. The SMILES string of the molecule is CCC=CCCCC=CCCCCCCCCC. The summed E-state index contributed by atoms with van der Waals surface area (Å²) in [4.78, 5) is 0. The molecule has 0 heterocycles. The molecule has 0 aromatic heterocycles. The number of unbranched alkanes of at least 4 members (excludes halogenated alkanes) is 9. The van der Waals surface area contributed by atoms with E-state index in [1.165, 1.54) is 77.0 Å². The fourth-order valence-corrected chi connectivity index (χ4v) is 2.09. The molecule has 0 saturated heterocycles. The summed E-state index contributed by atoms with van der Waals surface area (Å²) in [5.41, 5.74) is 0. The summed E-state index contributed by atoms with van der Waals surface area (Å²) in [6, 6.07) is 0. The third-order valence-electron chi connectivity index (χ3n) is 3.28. The highest BCUT2D eigenvalue weighted by Crippen LogP contribution is 2.09. The van der Waals surface area contributed by atoms with E-state index in [9.17, 15) is 0 Å². The molecule has 0 rings (SSSR count). The largest absolute Gasteiger partial charge is 0.0888 e. The van der Waals surface area contributed by atoms with Crippen LogP contribution < -0.4 is 0 Å². The van der Waals surface area contributed by atoms with Gasteiger partial charge in [0.05, 0.1) is 0 Å². The molecule has 0 amide bonds. The normalized spacial score (nSPS) is 11.9. The van der Waals surface area contributed by atoms with Gasteiger partial charge in [-0.05, 0) is 38.5 Å². The van der Waals surface area contributed by atoms with Gasteiger partial charge in [0.1, 0.15) is 0 Å². The Kier molecular flexibility index (Phi) is 16.0. The van der Waals surface area contributed by atoms with Gasteiger partial charge < -0.3 is 0 Å². The average molecular weight is 250 g/mol.